The standard InChI is InChI=1S/C27H29NO3/c29-27-16-25(18-28(27)17-22-10-4-1-5-11-22)26(31-20-24-14-8-3-9-15-24)21-30-19-23-12-6-2-7-13-23/h1-15,25-26H,16-21H2/t25?,26-/m0/s1. The number of hydrogen-bond acceptors (Lipinski definition) is 3. The molecule has 0 aliphatic carbocycles. The van der Waals surface area contributed by atoms with Crippen LogP contribution in [0.4, 0.5) is 0 Å². The summed E-state index contributed by atoms with van der Waals surface area (Å²) in [4.78, 5) is 14.6. The molecule has 1 amide bonds. The summed E-state index contributed by atoms with van der Waals surface area (Å²) in [7, 11) is 0. The highest BCUT2D eigenvalue weighted by atomic mass is 16.5. The molecule has 1 aliphatic heterocycles. The van der Waals surface area contributed by atoms with Gasteiger partial charge in [-0.15, -0.1) is 0 Å². The highest BCUT2D eigenvalue weighted by Gasteiger charge is 2.35. The molecule has 0 bridgehead atoms. The molecule has 0 radical (unpaired) electrons. The van der Waals surface area contributed by atoms with Crippen LogP contribution < -0.4 is 0 Å². The molecule has 0 N–H and O–H groups in total. The highest BCUT2D eigenvalue weighted by molar-refractivity contribution is 5.78. The molecule has 2 atom stereocenters. The number of carbonyl (C=O) groups excluding carboxylic acids is 1. The molecule has 160 valence electrons. The van der Waals surface area contributed by atoms with Gasteiger partial charge in [-0.25, -0.2) is 0 Å². The average Bonchev–Trinajstić information content (AvgIpc) is 3.18. The van der Waals surface area contributed by atoms with Crippen molar-refractivity contribution in [3.63, 3.8) is 0 Å². The van der Waals surface area contributed by atoms with Crippen molar-refractivity contribution < 1.29 is 14.3 Å². The predicted octanol–water partition coefficient (Wildman–Crippen LogP) is 4.84. The molecule has 4 rings (SSSR count). The van der Waals surface area contributed by atoms with E-state index in [1.54, 1.807) is 0 Å². The largest absolute Gasteiger partial charge is 0.374 e. The monoisotopic (exact) mass is 415 g/mol. The molecule has 1 heterocycles. The van der Waals surface area contributed by atoms with Crippen molar-refractivity contribution in [1.29, 1.82) is 0 Å². The molecular formula is C27H29NO3. The van der Waals surface area contributed by atoms with Crippen molar-refractivity contribution in [3.05, 3.63) is 108 Å². The fraction of sp³-hybridized carbons (Fsp3) is 0.296. The number of carbonyl (C=O) groups is 1. The summed E-state index contributed by atoms with van der Waals surface area (Å²) in [5.41, 5.74) is 3.41. The lowest BCUT2D eigenvalue weighted by molar-refractivity contribution is -0.128. The van der Waals surface area contributed by atoms with Crippen molar-refractivity contribution >= 4 is 5.91 Å². The quantitative estimate of drug-likeness (QED) is 0.476. The van der Waals surface area contributed by atoms with Gasteiger partial charge in [-0.2, -0.15) is 0 Å². The molecule has 4 heteroatoms. The van der Waals surface area contributed by atoms with Crippen LogP contribution in [0.1, 0.15) is 23.1 Å². The Hall–Kier alpha value is -2.95. The summed E-state index contributed by atoms with van der Waals surface area (Å²) in [6.45, 7) is 2.87. The van der Waals surface area contributed by atoms with Crippen molar-refractivity contribution in [1.82, 2.24) is 4.90 Å². The molecule has 1 aliphatic rings. The second kappa shape index (κ2) is 10.9. The molecule has 1 saturated heterocycles. The van der Waals surface area contributed by atoms with E-state index in [4.69, 9.17) is 9.47 Å². The molecule has 3 aromatic carbocycles. The summed E-state index contributed by atoms with van der Waals surface area (Å²) < 4.78 is 12.3. The first-order valence-corrected chi connectivity index (χ1v) is 10.9. The first-order valence-electron chi connectivity index (χ1n) is 10.9. The number of benzene rings is 3. The normalized spacial score (nSPS) is 17.1. The van der Waals surface area contributed by atoms with E-state index in [0.717, 1.165) is 16.7 Å². The Bertz CT molecular complexity index is 930. The molecule has 1 fully saturated rings. The molecule has 0 saturated carbocycles. The fourth-order valence-corrected chi connectivity index (χ4v) is 3.97. The maximum Gasteiger partial charge on any atom is 0.223 e. The zero-order chi connectivity index (χ0) is 21.3. The summed E-state index contributed by atoms with van der Waals surface area (Å²) in [6, 6.07) is 30.4. The highest BCUT2D eigenvalue weighted by Crippen LogP contribution is 2.26. The van der Waals surface area contributed by atoms with Crippen LogP contribution >= 0.6 is 0 Å². The van der Waals surface area contributed by atoms with Crippen LogP contribution in [0.25, 0.3) is 0 Å². The van der Waals surface area contributed by atoms with E-state index >= 15 is 0 Å². The number of amides is 1. The molecule has 0 spiro atoms. The van der Waals surface area contributed by atoms with E-state index in [9.17, 15) is 4.79 Å². The smallest absolute Gasteiger partial charge is 0.223 e. The third-order valence-corrected chi connectivity index (χ3v) is 5.69. The average molecular weight is 416 g/mol. The van der Waals surface area contributed by atoms with Gasteiger partial charge in [0.25, 0.3) is 0 Å². The van der Waals surface area contributed by atoms with Gasteiger partial charge in [0.2, 0.25) is 5.91 Å². The van der Waals surface area contributed by atoms with Gasteiger partial charge in [-0.1, -0.05) is 91.0 Å². The zero-order valence-corrected chi connectivity index (χ0v) is 17.7. The van der Waals surface area contributed by atoms with Crippen LogP contribution in [0, 0.1) is 5.92 Å². The zero-order valence-electron chi connectivity index (χ0n) is 17.7. The lowest BCUT2D eigenvalue weighted by Gasteiger charge is -2.24. The Balaban J connectivity index is 1.38. The van der Waals surface area contributed by atoms with Gasteiger partial charge in [0.1, 0.15) is 0 Å². The molecule has 0 aromatic heterocycles. The SMILES string of the molecule is O=C1CC([C@H](COCc2ccccc2)OCc2ccccc2)CN1Cc1ccccc1. The molecule has 4 nitrogen and oxygen atoms in total. The van der Waals surface area contributed by atoms with Gasteiger partial charge in [0.15, 0.2) is 0 Å². The summed E-state index contributed by atoms with van der Waals surface area (Å²) in [6.07, 6.45) is 0.370. The van der Waals surface area contributed by atoms with Crippen molar-refractivity contribution in [2.75, 3.05) is 13.2 Å². The lowest BCUT2D eigenvalue weighted by atomic mass is 10.0. The van der Waals surface area contributed by atoms with E-state index in [2.05, 4.69) is 36.4 Å². The Morgan fingerprint density at radius 3 is 1.94 bits per heavy atom. The number of rotatable bonds is 10. The number of hydrogen-bond donors (Lipinski definition) is 0. The third-order valence-electron chi connectivity index (χ3n) is 5.69. The Morgan fingerprint density at radius 2 is 1.32 bits per heavy atom. The number of nitrogens with zero attached hydrogens (tertiary/aromatic N) is 1. The molecular weight excluding hydrogens is 386 g/mol. The van der Waals surface area contributed by atoms with E-state index in [1.165, 1.54) is 0 Å². The first-order chi connectivity index (χ1) is 15.3. The van der Waals surface area contributed by atoms with Gasteiger partial charge in [-0.3, -0.25) is 4.79 Å². The van der Waals surface area contributed by atoms with Gasteiger partial charge in [0, 0.05) is 25.4 Å². The van der Waals surface area contributed by atoms with Crippen LogP contribution in [-0.2, 0) is 34.0 Å². The van der Waals surface area contributed by atoms with Crippen LogP contribution in [0.2, 0.25) is 0 Å². The number of likely N-dealkylation sites (tertiary alicyclic amines) is 1. The van der Waals surface area contributed by atoms with Crippen molar-refractivity contribution in [2.24, 2.45) is 5.92 Å². The first kappa shape index (κ1) is 21.3. The summed E-state index contributed by atoms with van der Waals surface area (Å²) >= 11 is 0. The second-order valence-electron chi connectivity index (χ2n) is 8.06. The summed E-state index contributed by atoms with van der Waals surface area (Å²) in [5, 5.41) is 0. The second-order valence-corrected chi connectivity index (χ2v) is 8.06. The Kier molecular flexibility index (Phi) is 7.48. The van der Waals surface area contributed by atoms with E-state index in [0.29, 0.717) is 39.3 Å². The van der Waals surface area contributed by atoms with Crippen LogP contribution in [0.15, 0.2) is 91.0 Å². The van der Waals surface area contributed by atoms with Gasteiger partial charge >= 0.3 is 0 Å². The van der Waals surface area contributed by atoms with Gasteiger partial charge in [-0.05, 0) is 16.7 Å². The third kappa shape index (κ3) is 6.27. The minimum absolute atomic E-state index is 0.121. The fourth-order valence-electron chi connectivity index (χ4n) is 3.97. The topological polar surface area (TPSA) is 38.8 Å². The molecule has 1 unspecified atom stereocenters. The molecule has 31 heavy (non-hydrogen) atoms. The van der Waals surface area contributed by atoms with Crippen LogP contribution in [-0.4, -0.2) is 30.1 Å². The minimum atomic E-state index is -0.131. The lowest BCUT2D eigenvalue weighted by Crippen LogP contribution is -2.32. The maximum absolute atomic E-state index is 12.7. The van der Waals surface area contributed by atoms with E-state index in [1.807, 2.05) is 59.5 Å². The summed E-state index contributed by atoms with van der Waals surface area (Å²) in [5.74, 6) is 0.306. The van der Waals surface area contributed by atoms with Crippen molar-refractivity contribution in [2.45, 2.75) is 32.3 Å². The van der Waals surface area contributed by atoms with Gasteiger partial charge in [0.05, 0.1) is 25.9 Å². The van der Waals surface area contributed by atoms with Crippen LogP contribution in [0.5, 0.6) is 0 Å². The van der Waals surface area contributed by atoms with Crippen LogP contribution in [0.3, 0.4) is 0 Å². The van der Waals surface area contributed by atoms with Gasteiger partial charge < -0.3 is 14.4 Å². The maximum atomic E-state index is 12.7. The Morgan fingerprint density at radius 1 is 0.774 bits per heavy atom. The number of ether oxygens (including phenoxy) is 2. The van der Waals surface area contributed by atoms with E-state index < -0.39 is 0 Å². The minimum Gasteiger partial charge on any atom is -0.374 e. The Labute approximate surface area is 184 Å². The van der Waals surface area contributed by atoms with Crippen molar-refractivity contribution in [3.8, 4) is 0 Å². The van der Waals surface area contributed by atoms with E-state index in [-0.39, 0.29) is 17.9 Å². The molecule has 3 aromatic rings. The predicted molar refractivity (Wildman–Crippen MR) is 121 cm³/mol.